The number of benzene rings is 1. The molecule has 4 aliphatic heterocycles. The normalized spacial score (nSPS) is 39.6. The van der Waals surface area contributed by atoms with E-state index in [1.54, 1.807) is 0 Å². The monoisotopic (exact) mass is 380 g/mol. The van der Waals surface area contributed by atoms with Gasteiger partial charge in [0.2, 0.25) is 5.91 Å². The zero-order chi connectivity index (χ0) is 19.1. The third kappa shape index (κ3) is 2.03. The summed E-state index contributed by atoms with van der Waals surface area (Å²) in [6.45, 7) is 0.240. The number of fused-ring (bicyclic) bond motifs is 2. The molecule has 6 nitrogen and oxygen atoms in total. The Morgan fingerprint density at radius 1 is 1.37 bits per heavy atom. The number of halogens is 3. The highest BCUT2D eigenvalue weighted by Gasteiger charge is 2.74. The molecule has 0 aromatic heterocycles. The summed E-state index contributed by atoms with van der Waals surface area (Å²) < 4.78 is 51.7. The van der Waals surface area contributed by atoms with Crippen LogP contribution in [0.3, 0.4) is 0 Å². The van der Waals surface area contributed by atoms with Crippen LogP contribution in [0.25, 0.3) is 0 Å². The zero-order valence-corrected chi connectivity index (χ0v) is 13.9. The van der Waals surface area contributed by atoms with E-state index in [1.807, 2.05) is 0 Å². The number of carbonyl (C=O) groups is 1. The maximum atomic E-state index is 13.3. The lowest BCUT2D eigenvalue weighted by Gasteiger charge is -2.43. The standard InChI is InChI=1S/C18H15F3N2O4/c19-18(20,21)10-5-9(2-1-8(10)7-22)23-15(25)13-11-6-12(24)17(27-11)3-4-26-16(23)14(13)17/h1-2,5,11-14,16,24H,3-4,6H2/t11-,12+,13-,14+,16+,17+/m1/s1. The van der Waals surface area contributed by atoms with Crippen LogP contribution in [0.2, 0.25) is 0 Å². The molecule has 0 radical (unpaired) electrons. The maximum Gasteiger partial charge on any atom is 0.417 e. The van der Waals surface area contributed by atoms with Crippen molar-refractivity contribution in [3.05, 3.63) is 29.3 Å². The summed E-state index contributed by atoms with van der Waals surface area (Å²) >= 11 is 0. The van der Waals surface area contributed by atoms with E-state index in [0.717, 1.165) is 12.1 Å². The lowest BCUT2D eigenvalue weighted by molar-refractivity contribution is -0.157. The van der Waals surface area contributed by atoms with Gasteiger partial charge in [-0.15, -0.1) is 0 Å². The quantitative estimate of drug-likeness (QED) is 0.804. The highest BCUT2D eigenvalue weighted by atomic mass is 19.4. The first-order valence-corrected chi connectivity index (χ1v) is 8.70. The maximum absolute atomic E-state index is 13.3. The topological polar surface area (TPSA) is 82.8 Å². The Kier molecular flexibility index (Phi) is 3.28. The van der Waals surface area contributed by atoms with Gasteiger partial charge in [0.1, 0.15) is 11.8 Å². The Balaban J connectivity index is 1.60. The Morgan fingerprint density at radius 3 is 2.85 bits per heavy atom. The molecule has 4 saturated heterocycles. The van der Waals surface area contributed by atoms with Gasteiger partial charge in [0.05, 0.1) is 47.8 Å². The number of hydrogen-bond donors (Lipinski definition) is 1. The van der Waals surface area contributed by atoms with E-state index >= 15 is 0 Å². The van der Waals surface area contributed by atoms with Gasteiger partial charge in [-0.1, -0.05) is 0 Å². The van der Waals surface area contributed by atoms with E-state index in [0.29, 0.717) is 12.8 Å². The number of nitrogens with zero attached hydrogens (tertiary/aromatic N) is 2. The summed E-state index contributed by atoms with van der Waals surface area (Å²) in [5, 5.41) is 19.4. The largest absolute Gasteiger partial charge is 0.417 e. The Labute approximate surface area is 152 Å². The van der Waals surface area contributed by atoms with E-state index in [-0.39, 0.29) is 18.2 Å². The van der Waals surface area contributed by atoms with E-state index in [2.05, 4.69) is 0 Å². The fraction of sp³-hybridized carbons (Fsp3) is 0.556. The number of anilines is 1. The first-order valence-electron chi connectivity index (χ1n) is 8.70. The lowest BCUT2D eigenvalue weighted by Crippen LogP contribution is -2.56. The van der Waals surface area contributed by atoms with Gasteiger partial charge in [0.15, 0.2) is 0 Å². The summed E-state index contributed by atoms with van der Waals surface area (Å²) in [7, 11) is 0. The second-order valence-corrected chi connectivity index (χ2v) is 7.47. The van der Waals surface area contributed by atoms with Gasteiger partial charge in [-0.25, -0.2) is 0 Å². The first-order chi connectivity index (χ1) is 12.8. The number of alkyl halides is 3. The molecule has 27 heavy (non-hydrogen) atoms. The van der Waals surface area contributed by atoms with Gasteiger partial charge in [0.25, 0.3) is 0 Å². The fourth-order valence-electron chi connectivity index (χ4n) is 5.26. The van der Waals surface area contributed by atoms with Crippen LogP contribution in [0.5, 0.6) is 0 Å². The minimum atomic E-state index is -4.72. The van der Waals surface area contributed by atoms with Crippen molar-refractivity contribution >= 4 is 11.6 Å². The molecular formula is C18H15F3N2O4. The van der Waals surface area contributed by atoms with Crippen molar-refractivity contribution in [2.75, 3.05) is 11.5 Å². The van der Waals surface area contributed by atoms with Crippen molar-refractivity contribution in [2.24, 2.45) is 11.8 Å². The van der Waals surface area contributed by atoms with Gasteiger partial charge in [-0.3, -0.25) is 9.69 Å². The fourth-order valence-corrected chi connectivity index (χ4v) is 5.26. The van der Waals surface area contributed by atoms with Crippen molar-refractivity contribution < 1.29 is 32.5 Å². The minimum absolute atomic E-state index is 0.0386. The number of nitriles is 1. The molecule has 9 heteroatoms. The molecule has 1 aromatic rings. The third-order valence-electron chi connectivity index (χ3n) is 6.31. The molecule has 5 rings (SSSR count). The number of rotatable bonds is 1. The third-order valence-corrected chi connectivity index (χ3v) is 6.31. The van der Waals surface area contributed by atoms with Crippen LogP contribution in [0, 0.1) is 23.2 Å². The molecule has 1 N–H and O–H groups in total. The van der Waals surface area contributed by atoms with E-state index in [1.165, 1.54) is 17.0 Å². The van der Waals surface area contributed by atoms with E-state index < -0.39 is 53.2 Å². The molecule has 1 spiro atoms. The van der Waals surface area contributed by atoms with Crippen molar-refractivity contribution in [1.82, 2.24) is 0 Å². The average Bonchev–Trinajstić information content (AvgIpc) is 3.22. The smallest absolute Gasteiger partial charge is 0.390 e. The summed E-state index contributed by atoms with van der Waals surface area (Å²) in [4.78, 5) is 14.3. The summed E-state index contributed by atoms with van der Waals surface area (Å²) in [5.74, 6) is -1.32. The summed E-state index contributed by atoms with van der Waals surface area (Å²) in [5.41, 5.74) is -2.42. The van der Waals surface area contributed by atoms with Gasteiger partial charge in [-0.05, 0) is 18.2 Å². The van der Waals surface area contributed by atoms with Gasteiger partial charge in [0, 0.05) is 18.5 Å². The molecule has 1 amide bonds. The van der Waals surface area contributed by atoms with E-state index in [4.69, 9.17) is 14.7 Å². The van der Waals surface area contributed by atoms with Gasteiger partial charge >= 0.3 is 6.18 Å². The Hall–Kier alpha value is -2.15. The number of ether oxygens (including phenoxy) is 2. The number of carbonyl (C=O) groups excluding carboxylic acids is 1. The second-order valence-electron chi connectivity index (χ2n) is 7.47. The van der Waals surface area contributed by atoms with Crippen LogP contribution in [-0.4, -0.2) is 41.7 Å². The summed E-state index contributed by atoms with van der Waals surface area (Å²) in [6.07, 6.45) is -5.88. The molecule has 6 atom stereocenters. The molecule has 4 aliphatic rings. The number of aliphatic hydroxyl groups is 1. The molecule has 2 bridgehead atoms. The lowest BCUT2D eigenvalue weighted by atomic mass is 9.68. The van der Waals surface area contributed by atoms with Crippen LogP contribution in [-0.2, 0) is 20.4 Å². The molecule has 1 aromatic carbocycles. The van der Waals surface area contributed by atoms with Crippen LogP contribution in [0.15, 0.2) is 18.2 Å². The SMILES string of the molecule is N#Cc1ccc(N2C(=O)[C@H]3[C@H]4[C@@H]2OCC[C@@]42O[C@@H]3C[C@@H]2O)cc1C(F)(F)F. The van der Waals surface area contributed by atoms with Crippen LogP contribution in [0.1, 0.15) is 24.0 Å². The number of aliphatic hydroxyl groups excluding tert-OH is 1. The molecule has 0 aliphatic carbocycles. The molecule has 0 unspecified atom stereocenters. The highest BCUT2D eigenvalue weighted by Crippen LogP contribution is 2.60. The predicted octanol–water partition coefficient (Wildman–Crippen LogP) is 1.80. The van der Waals surface area contributed by atoms with Crippen LogP contribution in [0.4, 0.5) is 18.9 Å². The average molecular weight is 380 g/mol. The summed E-state index contributed by atoms with van der Waals surface area (Å²) in [6, 6.07) is 4.75. The van der Waals surface area contributed by atoms with Crippen molar-refractivity contribution in [3.63, 3.8) is 0 Å². The molecule has 4 heterocycles. The molecule has 4 fully saturated rings. The number of amides is 1. The highest BCUT2D eigenvalue weighted by molar-refractivity contribution is 5.99. The number of hydrogen-bond acceptors (Lipinski definition) is 5. The minimum Gasteiger partial charge on any atom is -0.390 e. The Morgan fingerprint density at radius 2 is 2.15 bits per heavy atom. The molecule has 0 saturated carbocycles. The predicted molar refractivity (Wildman–Crippen MR) is 83.2 cm³/mol. The van der Waals surface area contributed by atoms with Crippen LogP contribution < -0.4 is 4.90 Å². The molecule has 142 valence electrons. The van der Waals surface area contributed by atoms with Crippen LogP contribution >= 0.6 is 0 Å². The molecular weight excluding hydrogens is 365 g/mol. The Bertz CT molecular complexity index is 882. The van der Waals surface area contributed by atoms with E-state index in [9.17, 15) is 23.1 Å². The van der Waals surface area contributed by atoms with Gasteiger partial charge < -0.3 is 14.6 Å². The van der Waals surface area contributed by atoms with Crippen molar-refractivity contribution in [3.8, 4) is 6.07 Å². The van der Waals surface area contributed by atoms with Gasteiger partial charge in [-0.2, -0.15) is 18.4 Å². The second kappa shape index (κ2) is 5.22. The first kappa shape index (κ1) is 17.0. The van der Waals surface area contributed by atoms with Crippen molar-refractivity contribution in [1.29, 1.82) is 5.26 Å². The van der Waals surface area contributed by atoms with Crippen molar-refractivity contribution in [2.45, 2.75) is 43.1 Å². The zero-order valence-electron chi connectivity index (χ0n) is 13.9.